The van der Waals surface area contributed by atoms with Gasteiger partial charge in [-0.15, -0.1) is 0 Å². The van der Waals surface area contributed by atoms with Crippen molar-refractivity contribution in [2.75, 3.05) is 27.8 Å². The molecule has 0 bridgehead atoms. The molecule has 6 nitrogen and oxygen atoms in total. The van der Waals surface area contributed by atoms with E-state index in [0.717, 1.165) is 5.56 Å². The van der Waals surface area contributed by atoms with Crippen LogP contribution in [0.3, 0.4) is 0 Å². The molecule has 2 aromatic carbocycles. The number of carbonyl (C=O) groups excluding carboxylic acids is 1. The van der Waals surface area contributed by atoms with Crippen LogP contribution in [-0.2, 0) is 6.42 Å². The molecular formula is C22H24FN3O3. The van der Waals surface area contributed by atoms with Crippen LogP contribution in [0.25, 0.3) is 5.69 Å². The highest BCUT2D eigenvalue weighted by atomic mass is 19.1. The first-order chi connectivity index (χ1) is 13.9. The van der Waals surface area contributed by atoms with Gasteiger partial charge in [0.2, 0.25) is 0 Å². The van der Waals surface area contributed by atoms with Gasteiger partial charge in [-0.3, -0.25) is 4.79 Å². The third-order valence-electron chi connectivity index (χ3n) is 4.84. The maximum absolute atomic E-state index is 13.2. The van der Waals surface area contributed by atoms with Gasteiger partial charge in [0.05, 0.1) is 37.4 Å². The van der Waals surface area contributed by atoms with Gasteiger partial charge in [0, 0.05) is 13.6 Å². The highest BCUT2D eigenvalue weighted by Crippen LogP contribution is 2.27. The van der Waals surface area contributed by atoms with Crippen molar-refractivity contribution in [3.05, 3.63) is 71.3 Å². The lowest BCUT2D eigenvalue weighted by atomic mass is 10.1. The van der Waals surface area contributed by atoms with E-state index in [1.807, 2.05) is 25.1 Å². The summed E-state index contributed by atoms with van der Waals surface area (Å²) >= 11 is 0. The van der Waals surface area contributed by atoms with Crippen molar-refractivity contribution in [3.8, 4) is 17.2 Å². The Hall–Kier alpha value is -3.35. The van der Waals surface area contributed by atoms with Crippen LogP contribution in [0.1, 0.15) is 21.6 Å². The van der Waals surface area contributed by atoms with Gasteiger partial charge in [0.1, 0.15) is 5.82 Å². The number of amides is 1. The Labute approximate surface area is 169 Å². The molecule has 1 aromatic heterocycles. The molecule has 0 saturated carbocycles. The van der Waals surface area contributed by atoms with E-state index in [9.17, 15) is 9.18 Å². The van der Waals surface area contributed by atoms with Crippen LogP contribution in [0, 0.1) is 12.7 Å². The van der Waals surface area contributed by atoms with E-state index in [-0.39, 0.29) is 11.7 Å². The molecule has 0 atom stereocenters. The molecule has 0 radical (unpaired) electrons. The summed E-state index contributed by atoms with van der Waals surface area (Å²) in [6, 6.07) is 11.7. The van der Waals surface area contributed by atoms with Crippen molar-refractivity contribution in [1.29, 1.82) is 0 Å². The first-order valence-corrected chi connectivity index (χ1v) is 9.21. The van der Waals surface area contributed by atoms with E-state index in [1.165, 1.54) is 12.1 Å². The molecule has 3 aromatic rings. The summed E-state index contributed by atoms with van der Waals surface area (Å²) in [5.41, 5.74) is 2.97. The number of halogens is 1. The number of nitrogens with zero attached hydrogens (tertiary/aromatic N) is 3. The van der Waals surface area contributed by atoms with Crippen LogP contribution < -0.4 is 9.47 Å². The number of aromatic nitrogens is 2. The summed E-state index contributed by atoms with van der Waals surface area (Å²) in [5.74, 6) is 0.904. The molecule has 29 heavy (non-hydrogen) atoms. The predicted octanol–water partition coefficient (Wildman–Crippen LogP) is 3.65. The summed E-state index contributed by atoms with van der Waals surface area (Å²) < 4.78 is 25.4. The summed E-state index contributed by atoms with van der Waals surface area (Å²) in [4.78, 5) is 14.5. The maximum atomic E-state index is 13.2. The molecule has 0 N–H and O–H groups in total. The second kappa shape index (κ2) is 8.77. The Balaban J connectivity index is 1.70. The van der Waals surface area contributed by atoms with E-state index >= 15 is 0 Å². The van der Waals surface area contributed by atoms with E-state index in [2.05, 4.69) is 5.10 Å². The fraction of sp³-hybridized carbons (Fsp3) is 0.273. The van der Waals surface area contributed by atoms with Gasteiger partial charge >= 0.3 is 0 Å². The molecule has 0 fully saturated rings. The van der Waals surface area contributed by atoms with Crippen LogP contribution in [-0.4, -0.2) is 48.4 Å². The van der Waals surface area contributed by atoms with Crippen molar-refractivity contribution in [2.24, 2.45) is 0 Å². The Kier molecular flexibility index (Phi) is 6.16. The zero-order valence-corrected chi connectivity index (χ0v) is 17.0. The third kappa shape index (κ3) is 4.39. The maximum Gasteiger partial charge on any atom is 0.257 e. The molecule has 0 aliphatic rings. The summed E-state index contributed by atoms with van der Waals surface area (Å²) in [5, 5.41) is 4.30. The number of ether oxygens (including phenoxy) is 2. The Morgan fingerprint density at radius 2 is 1.79 bits per heavy atom. The normalized spacial score (nSPS) is 10.7. The molecule has 0 aliphatic carbocycles. The standard InChI is InChI=1S/C22H24FN3O3/c1-15-19(14-24-26(15)18-8-6-17(23)7-9-18)22(27)25(2)12-11-16-5-10-20(28-3)21(13-16)29-4/h5-10,13-14H,11-12H2,1-4H3. The lowest BCUT2D eigenvalue weighted by Crippen LogP contribution is -2.29. The summed E-state index contributed by atoms with van der Waals surface area (Å²) in [6.45, 7) is 2.36. The quantitative estimate of drug-likeness (QED) is 0.611. The molecular weight excluding hydrogens is 373 g/mol. The van der Waals surface area contributed by atoms with Crippen molar-refractivity contribution >= 4 is 5.91 Å². The van der Waals surface area contributed by atoms with Gasteiger partial charge in [-0.1, -0.05) is 6.07 Å². The first-order valence-electron chi connectivity index (χ1n) is 9.21. The average molecular weight is 397 g/mol. The number of methoxy groups -OCH3 is 2. The number of carbonyl (C=O) groups is 1. The number of rotatable bonds is 7. The number of hydrogen-bond donors (Lipinski definition) is 0. The minimum absolute atomic E-state index is 0.115. The van der Waals surface area contributed by atoms with E-state index in [4.69, 9.17) is 9.47 Å². The topological polar surface area (TPSA) is 56.6 Å². The van der Waals surface area contributed by atoms with Gasteiger partial charge < -0.3 is 14.4 Å². The van der Waals surface area contributed by atoms with E-state index < -0.39 is 0 Å². The molecule has 1 heterocycles. The van der Waals surface area contributed by atoms with Gasteiger partial charge in [-0.2, -0.15) is 5.10 Å². The fourth-order valence-electron chi connectivity index (χ4n) is 3.10. The van der Waals surface area contributed by atoms with Crippen molar-refractivity contribution in [1.82, 2.24) is 14.7 Å². The SMILES string of the molecule is COc1ccc(CCN(C)C(=O)c2cnn(-c3ccc(F)cc3)c2C)cc1OC. The molecule has 152 valence electrons. The largest absolute Gasteiger partial charge is 0.493 e. The second-order valence-corrected chi connectivity index (χ2v) is 6.70. The number of hydrogen-bond acceptors (Lipinski definition) is 4. The van der Waals surface area contributed by atoms with Gasteiger partial charge in [-0.05, 0) is 55.3 Å². The van der Waals surface area contributed by atoms with Crippen LogP contribution in [0.5, 0.6) is 11.5 Å². The fourth-order valence-corrected chi connectivity index (χ4v) is 3.10. The first kappa shape index (κ1) is 20.4. The minimum atomic E-state index is -0.315. The Morgan fingerprint density at radius 1 is 1.10 bits per heavy atom. The van der Waals surface area contributed by atoms with Gasteiger partial charge in [-0.25, -0.2) is 9.07 Å². The van der Waals surface area contributed by atoms with E-state index in [0.29, 0.717) is 41.4 Å². The highest BCUT2D eigenvalue weighted by Gasteiger charge is 2.19. The molecule has 7 heteroatoms. The van der Waals surface area contributed by atoms with Crippen LogP contribution in [0.15, 0.2) is 48.7 Å². The van der Waals surface area contributed by atoms with Gasteiger partial charge in [0.15, 0.2) is 11.5 Å². The molecule has 0 aliphatic heterocycles. The van der Waals surface area contributed by atoms with Crippen LogP contribution >= 0.6 is 0 Å². The molecule has 0 unspecified atom stereocenters. The minimum Gasteiger partial charge on any atom is -0.493 e. The average Bonchev–Trinajstić information content (AvgIpc) is 3.12. The lowest BCUT2D eigenvalue weighted by molar-refractivity contribution is 0.0796. The predicted molar refractivity (Wildman–Crippen MR) is 108 cm³/mol. The Bertz CT molecular complexity index is 999. The number of benzene rings is 2. The second-order valence-electron chi connectivity index (χ2n) is 6.70. The number of likely N-dealkylation sites (N-methyl/N-ethyl adjacent to an activating group) is 1. The molecule has 3 rings (SSSR count). The van der Waals surface area contributed by atoms with Crippen LogP contribution in [0.4, 0.5) is 4.39 Å². The van der Waals surface area contributed by atoms with Crippen molar-refractivity contribution in [3.63, 3.8) is 0 Å². The van der Waals surface area contributed by atoms with Gasteiger partial charge in [0.25, 0.3) is 5.91 Å². The van der Waals surface area contributed by atoms with Crippen molar-refractivity contribution < 1.29 is 18.7 Å². The Morgan fingerprint density at radius 3 is 2.45 bits per heavy atom. The monoisotopic (exact) mass is 397 g/mol. The summed E-state index contributed by atoms with van der Waals surface area (Å²) in [7, 11) is 4.95. The highest BCUT2D eigenvalue weighted by molar-refractivity contribution is 5.95. The van der Waals surface area contributed by atoms with Crippen molar-refractivity contribution in [2.45, 2.75) is 13.3 Å². The molecule has 0 spiro atoms. The molecule has 0 saturated heterocycles. The smallest absolute Gasteiger partial charge is 0.257 e. The summed E-state index contributed by atoms with van der Waals surface area (Å²) in [6.07, 6.45) is 2.22. The zero-order chi connectivity index (χ0) is 21.0. The van der Waals surface area contributed by atoms with Crippen LogP contribution in [0.2, 0.25) is 0 Å². The lowest BCUT2D eigenvalue weighted by Gasteiger charge is -2.17. The van der Waals surface area contributed by atoms with E-state index in [1.54, 1.807) is 49.2 Å². The zero-order valence-electron chi connectivity index (χ0n) is 17.0. The molecule has 1 amide bonds. The third-order valence-corrected chi connectivity index (χ3v) is 4.84.